The van der Waals surface area contributed by atoms with Crippen LogP contribution in [0.4, 0.5) is 0 Å². The molecule has 0 unspecified atom stereocenters. The Bertz CT molecular complexity index is 1340. The van der Waals surface area contributed by atoms with E-state index in [1.165, 1.54) is 12.1 Å². The molecule has 4 rings (SSSR count). The zero-order valence-electron chi connectivity index (χ0n) is 18.4. The summed E-state index contributed by atoms with van der Waals surface area (Å²) in [5.74, 6) is -3.02. The standard InChI is InChI=1S/C25H20O11/c1-2-3-34-19-8-13(26)9-20-14(19)10-21(24(35-20)11-4-15(27)22(31)16(28)5-11)36-25(33)12-6-17(29)23(32)18(30)7-12/h1,4-9,21,24,26-32H,3,10H2/t21-,24-/m1/s1. The first-order chi connectivity index (χ1) is 17.1. The molecule has 36 heavy (non-hydrogen) atoms. The van der Waals surface area contributed by atoms with Crippen molar-refractivity contribution in [3.05, 3.63) is 53.1 Å². The summed E-state index contributed by atoms with van der Waals surface area (Å²) in [6, 6.07) is 6.57. The fourth-order valence-electron chi connectivity index (χ4n) is 3.78. The highest BCUT2D eigenvalue weighted by atomic mass is 16.6. The van der Waals surface area contributed by atoms with Gasteiger partial charge >= 0.3 is 5.97 Å². The number of ether oxygens (including phenoxy) is 3. The fraction of sp³-hybridized carbons (Fsp3) is 0.160. The number of fused-ring (bicyclic) bond motifs is 1. The largest absolute Gasteiger partial charge is 0.508 e. The summed E-state index contributed by atoms with van der Waals surface area (Å²) in [5, 5.41) is 68.9. The van der Waals surface area contributed by atoms with Crippen LogP contribution in [0.2, 0.25) is 0 Å². The van der Waals surface area contributed by atoms with Crippen LogP contribution in [0.25, 0.3) is 0 Å². The van der Waals surface area contributed by atoms with Crippen LogP contribution in [0, 0.1) is 12.3 Å². The molecule has 1 aliphatic rings. The third-order valence-electron chi connectivity index (χ3n) is 5.45. The first kappa shape index (κ1) is 24.0. The van der Waals surface area contributed by atoms with Crippen LogP contribution < -0.4 is 9.47 Å². The molecule has 0 spiro atoms. The number of esters is 1. The van der Waals surface area contributed by atoms with Crippen molar-refractivity contribution in [1.82, 2.24) is 0 Å². The highest BCUT2D eigenvalue weighted by Crippen LogP contribution is 2.46. The summed E-state index contributed by atoms with van der Waals surface area (Å²) in [6.07, 6.45) is 2.89. The lowest BCUT2D eigenvalue weighted by Crippen LogP contribution is -2.35. The fourth-order valence-corrected chi connectivity index (χ4v) is 3.78. The van der Waals surface area contributed by atoms with E-state index < -0.39 is 52.7 Å². The molecule has 7 N–H and O–H groups in total. The van der Waals surface area contributed by atoms with Crippen molar-refractivity contribution < 1.29 is 54.8 Å². The summed E-state index contributed by atoms with van der Waals surface area (Å²) in [5.41, 5.74) is 0.205. The molecule has 0 aliphatic carbocycles. The minimum atomic E-state index is -1.17. The van der Waals surface area contributed by atoms with Gasteiger partial charge in [0.05, 0.1) is 5.56 Å². The second-order valence-corrected chi connectivity index (χ2v) is 7.87. The van der Waals surface area contributed by atoms with Crippen LogP contribution in [-0.2, 0) is 11.2 Å². The Morgan fingerprint density at radius 1 is 0.917 bits per heavy atom. The summed E-state index contributed by atoms with van der Waals surface area (Å²) >= 11 is 0. The first-order valence-corrected chi connectivity index (χ1v) is 10.4. The van der Waals surface area contributed by atoms with Crippen LogP contribution in [0.5, 0.6) is 51.7 Å². The third-order valence-corrected chi connectivity index (χ3v) is 5.45. The van der Waals surface area contributed by atoms with E-state index in [0.717, 1.165) is 24.3 Å². The van der Waals surface area contributed by atoms with Crippen LogP contribution in [0.15, 0.2) is 36.4 Å². The molecule has 11 heteroatoms. The van der Waals surface area contributed by atoms with Crippen LogP contribution >= 0.6 is 0 Å². The van der Waals surface area contributed by atoms with Crippen molar-refractivity contribution in [2.45, 2.75) is 18.6 Å². The molecule has 1 heterocycles. The predicted molar refractivity (Wildman–Crippen MR) is 122 cm³/mol. The van der Waals surface area contributed by atoms with Crippen LogP contribution in [0.1, 0.15) is 27.6 Å². The third kappa shape index (κ3) is 4.47. The van der Waals surface area contributed by atoms with Crippen molar-refractivity contribution in [2.24, 2.45) is 0 Å². The first-order valence-electron chi connectivity index (χ1n) is 10.4. The minimum absolute atomic E-state index is 0.0512. The Morgan fingerprint density at radius 3 is 2.08 bits per heavy atom. The zero-order valence-corrected chi connectivity index (χ0v) is 18.4. The molecule has 0 aromatic heterocycles. The van der Waals surface area contributed by atoms with Gasteiger partial charge in [-0.05, 0) is 24.3 Å². The number of hydrogen-bond donors (Lipinski definition) is 7. The normalized spacial score (nSPS) is 16.3. The van der Waals surface area contributed by atoms with Gasteiger partial charge in [-0.1, -0.05) is 5.92 Å². The number of hydrogen-bond acceptors (Lipinski definition) is 11. The molecule has 3 aromatic carbocycles. The second-order valence-electron chi connectivity index (χ2n) is 7.87. The van der Waals surface area contributed by atoms with Crippen molar-refractivity contribution in [2.75, 3.05) is 6.61 Å². The van der Waals surface area contributed by atoms with Gasteiger partial charge in [0.2, 0.25) is 0 Å². The molecule has 0 amide bonds. The van der Waals surface area contributed by atoms with Gasteiger partial charge in [0.15, 0.2) is 40.6 Å². The Labute approximate surface area is 203 Å². The maximum Gasteiger partial charge on any atom is 0.338 e. The molecule has 0 radical (unpaired) electrons. The minimum Gasteiger partial charge on any atom is -0.508 e. The van der Waals surface area contributed by atoms with Gasteiger partial charge in [0.25, 0.3) is 0 Å². The number of terminal acetylenes is 1. The molecule has 0 bridgehead atoms. The molecular formula is C25H20O11. The molecule has 186 valence electrons. The van der Waals surface area contributed by atoms with Crippen LogP contribution in [-0.4, -0.2) is 54.4 Å². The lowest BCUT2D eigenvalue weighted by molar-refractivity contribution is -0.0189. The van der Waals surface area contributed by atoms with Gasteiger partial charge in [-0.25, -0.2) is 4.79 Å². The van der Waals surface area contributed by atoms with E-state index in [4.69, 9.17) is 20.6 Å². The Balaban J connectivity index is 1.77. The lowest BCUT2D eigenvalue weighted by atomic mass is 9.93. The van der Waals surface area contributed by atoms with E-state index >= 15 is 0 Å². The van der Waals surface area contributed by atoms with E-state index in [1.54, 1.807) is 0 Å². The summed E-state index contributed by atoms with van der Waals surface area (Å²) < 4.78 is 17.1. The summed E-state index contributed by atoms with van der Waals surface area (Å²) in [4.78, 5) is 12.9. The number of carbonyl (C=O) groups excluding carboxylic acids is 1. The Morgan fingerprint density at radius 2 is 1.50 bits per heavy atom. The number of rotatable bonds is 5. The zero-order chi connectivity index (χ0) is 26.1. The van der Waals surface area contributed by atoms with Crippen molar-refractivity contribution in [3.63, 3.8) is 0 Å². The van der Waals surface area contributed by atoms with Gasteiger partial charge in [-0.3, -0.25) is 0 Å². The monoisotopic (exact) mass is 496 g/mol. The van der Waals surface area contributed by atoms with Crippen molar-refractivity contribution >= 4 is 5.97 Å². The molecule has 0 saturated carbocycles. The Hall–Kier alpha value is -5.11. The lowest BCUT2D eigenvalue weighted by Gasteiger charge is -2.34. The van der Waals surface area contributed by atoms with Gasteiger partial charge < -0.3 is 50.0 Å². The molecule has 0 fully saturated rings. The quantitative estimate of drug-likeness (QED) is 0.156. The second kappa shape index (κ2) is 9.27. The average Bonchev–Trinajstić information content (AvgIpc) is 2.83. The molecule has 1 aliphatic heterocycles. The van der Waals surface area contributed by atoms with Gasteiger partial charge in [-0.2, -0.15) is 0 Å². The van der Waals surface area contributed by atoms with E-state index in [2.05, 4.69) is 5.92 Å². The topological polar surface area (TPSA) is 186 Å². The number of benzene rings is 3. The molecule has 0 saturated heterocycles. The summed E-state index contributed by atoms with van der Waals surface area (Å²) in [6.45, 7) is -0.129. The SMILES string of the molecule is C#CCOc1cc(O)cc2c1C[C@@H](OC(=O)c1cc(O)c(O)c(O)c1)[C@@H](c1cc(O)c(O)c(O)c1)O2. The average molecular weight is 496 g/mol. The van der Waals surface area contributed by atoms with Crippen LogP contribution in [0.3, 0.4) is 0 Å². The van der Waals surface area contributed by atoms with Crippen molar-refractivity contribution in [1.29, 1.82) is 0 Å². The summed E-state index contributed by atoms with van der Waals surface area (Å²) in [7, 11) is 0. The van der Waals surface area contributed by atoms with Crippen molar-refractivity contribution in [3.8, 4) is 64.1 Å². The van der Waals surface area contributed by atoms with Gasteiger partial charge in [0.1, 0.15) is 30.0 Å². The smallest absolute Gasteiger partial charge is 0.338 e. The number of aromatic hydroxyl groups is 7. The van der Waals surface area contributed by atoms with Gasteiger partial charge in [0, 0.05) is 29.7 Å². The van der Waals surface area contributed by atoms with Gasteiger partial charge in [-0.15, -0.1) is 6.42 Å². The maximum atomic E-state index is 12.9. The molecule has 2 atom stereocenters. The van der Waals surface area contributed by atoms with E-state index in [0.29, 0.717) is 5.56 Å². The highest BCUT2D eigenvalue weighted by molar-refractivity contribution is 5.91. The highest BCUT2D eigenvalue weighted by Gasteiger charge is 2.37. The number of phenolic OH excluding ortho intramolecular Hbond substituents is 7. The van der Waals surface area contributed by atoms with E-state index in [-0.39, 0.29) is 41.4 Å². The Kier molecular flexibility index (Phi) is 6.18. The predicted octanol–water partition coefficient (Wildman–Crippen LogP) is 2.54. The van der Waals surface area contributed by atoms with E-state index in [9.17, 15) is 40.5 Å². The van der Waals surface area contributed by atoms with E-state index in [1.807, 2.05) is 0 Å². The molecule has 11 nitrogen and oxygen atoms in total. The maximum absolute atomic E-state index is 12.9. The number of phenols is 7. The molecule has 3 aromatic rings. The number of carbonyl (C=O) groups is 1. The molecular weight excluding hydrogens is 476 g/mol.